The predicted octanol–water partition coefficient (Wildman–Crippen LogP) is 1.86. The van der Waals surface area contributed by atoms with Crippen molar-refractivity contribution in [3.63, 3.8) is 0 Å². The molecule has 5 nitrogen and oxygen atoms in total. The highest BCUT2D eigenvalue weighted by molar-refractivity contribution is 9.10. The molecule has 3 N–H and O–H groups in total. The van der Waals surface area contributed by atoms with E-state index in [4.69, 9.17) is 5.11 Å². The van der Waals surface area contributed by atoms with Gasteiger partial charge < -0.3 is 15.7 Å². The molecule has 0 radical (unpaired) electrons. The van der Waals surface area contributed by atoms with Gasteiger partial charge in [-0.15, -0.1) is 0 Å². The van der Waals surface area contributed by atoms with Crippen LogP contribution in [0.1, 0.15) is 12.5 Å². The zero-order chi connectivity index (χ0) is 13.7. The van der Waals surface area contributed by atoms with Crippen molar-refractivity contribution in [2.24, 2.45) is 0 Å². The van der Waals surface area contributed by atoms with Gasteiger partial charge in [-0.25, -0.2) is 9.18 Å². The minimum Gasteiger partial charge on any atom is -0.480 e. The first-order valence-corrected chi connectivity index (χ1v) is 5.90. The van der Waals surface area contributed by atoms with E-state index in [2.05, 4.69) is 26.6 Å². The first kappa shape index (κ1) is 14.4. The van der Waals surface area contributed by atoms with E-state index in [1.165, 1.54) is 19.1 Å². The average molecular weight is 319 g/mol. The van der Waals surface area contributed by atoms with Gasteiger partial charge in [-0.1, -0.05) is 22.0 Å². The topological polar surface area (TPSA) is 78.4 Å². The molecule has 1 atom stereocenters. The van der Waals surface area contributed by atoms with E-state index < -0.39 is 23.9 Å². The van der Waals surface area contributed by atoms with Crippen molar-refractivity contribution in [2.75, 3.05) is 0 Å². The minimum atomic E-state index is -1.14. The van der Waals surface area contributed by atoms with Crippen molar-refractivity contribution >= 4 is 27.9 Å². The number of hydrogen-bond acceptors (Lipinski definition) is 2. The molecule has 1 aromatic rings. The summed E-state index contributed by atoms with van der Waals surface area (Å²) in [6.45, 7) is 1.32. The molecule has 0 saturated carbocycles. The van der Waals surface area contributed by atoms with Gasteiger partial charge in [-0.05, 0) is 19.1 Å². The highest BCUT2D eigenvalue weighted by atomic mass is 79.9. The molecule has 7 heteroatoms. The van der Waals surface area contributed by atoms with Crippen LogP contribution in [0.25, 0.3) is 0 Å². The van der Waals surface area contributed by atoms with Crippen molar-refractivity contribution < 1.29 is 19.1 Å². The first-order valence-electron chi connectivity index (χ1n) is 5.11. The number of amides is 2. The molecule has 98 valence electrons. The molecule has 0 heterocycles. The number of carboxylic acid groups (broad SMARTS) is 1. The lowest BCUT2D eigenvalue weighted by Crippen LogP contribution is -2.44. The summed E-state index contributed by atoms with van der Waals surface area (Å²) in [6.07, 6.45) is 0. The summed E-state index contributed by atoms with van der Waals surface area (Å²) in [5.41, 5.74) is 0.316. The molecule has 0 fully saturated rings. The van der Waals surface area contributed by atoms with Crippen LogP contribution in [0.4, 0.5) is 9.18 Å². The molecular formula is C11H12BrFN2O3. The van der Waals surface area contributed by atoms with Crippen LogP contribution < -0.4 is 10.6 Å². The van der Waals surface area contributed by atoms with Gasteiger partial charge in [-0.3, -0.25) is 4.79 Å². The number of carbonyl (C=O) groups is 2. The Morgan fingerprint density at radius 3 is 2.72 bits per heavy atom. The summed E-state index contributed by atoms with van der Waals surface area (Å²) in [7, 11) is 0. The Kier molecular flexibility index (Phi) is 5.08. The monoisotopic (exact) mass is 318 g/mol. The zero-order valence-corrected chi connectivity index (χ0v) is 11.1. The minimum absolute atomic E-state index is 0.0166. The molecule has 0 spiro atoms. The fourth-order valence-corrected chi connectivity index (χ4v) is 1.48. The smallest absolute Gasteiger partial charge is 0.325 e. The number of carbonyl (C=O) groups excluding carboxylic acids is 1. The van der Waals surface area contributed by atoms with Crippen molar-refractivity contribution in [1.82, 2.24) is 10.6 Å². The normalized spacial score (nSPS) is 11.7. The second kappa shape index (κ2) is 6.34. The highest BCUT2D eigenvalue weighted by Crippen LogP contribution is 2.14. The molecule has 0 aliphatic rings. The maximum Gasteiger partial charge on any atom is 0.325 e. The Morgan fingerprint density at radius 2 is 2.17 bits per heavy atom. The summed E-state index contributed by atoms with van der Waals surface area (Å²) in [5.74, 6) is -1.59. The maximum absolute atomic E-state index is 13.4. The Bertz CT molecular complexity index is 468. The standard InChI is InChI=1S/C11H12BrFN2O3/c1-6(10(16)17)15-11(18)14-5-7-2-3-8(12)4-9(7)13/h2-4,6H,5H2,1H3,(H,16,17)(H2,14,15,18). The van der Waals surface area contributed by atoms with E-state index in [9.17, 15) is 14.0 Å². The molecule has 18 heavy (non-hydrogen) atoms. The fraction of sp³-hybridized carbons (Fsp3) is 0.273. The van der Waals surface area contributed by atoms with Crippen molar-refractivity contribution in [3.05, 3.63) is 34.1 Å². The largest absolute Gasteiger partial charge is 0.480 e. The van der Waals surface area contributed by atoms with Crippen LogP contribution in [0, 0.1) is 5.82 Å². The summed E-state index contributed by atoms with van der Waals surface area (Å²) < 4.78 is 14.0. The Labute approximate surface area is 112 Å². The van der Waals surface area contributed by atoms with Crippen LogP contribution in [0.2, 0.25) is 0 Å². The fourth-order valence-electron chi connectivity index (χ4n) is 1.15. The molecular weight excluding hydrogens is 307 g/mol. The molecule has 1 aromatic carbocycles. The third-order valence-electron chi connectivity index (χ3n) is 2.17. The van der Waals surface area contributed by atoms with E-state index in [1.807, 2.05) is 0 Å². The second-order valence-electron chi connectivity index (χ2n) is 3.62. The molecule has 2 amide bonds. The number of urea groups is 1. The second-order valence-corrected chi connectivity index (χ2v) is 4.54. The van der Waals surface area contributed by atoms with Gasteiger partial charge >= 0.3 is 12.0 Å². The van der Waals surface area contributed by atoms with Gasteiger partial charge in [0.2, 0.25) is 0 Å². The Balaban J connectivity index is 2.50. The first-order chi connectivity index (χ1) is 8.40. The van der Waals surface area contributed by atoms with Gasteiger partial charge in [0.15, 0.2) is 0 Å². The molecule has 0 aliphatic heterocycles. The number of rotatable bonds is 4. The lowest BCUT2D eigenvalue weighted by atomic mass is 10.2. The van der Waals surface area contributed by atoms with Gasteiger partial charge in [0, 0.05) is 16.6 Å². The van der Waals surface area contributed by atoms with E-state index in [-0.39, 0.29) is 6.54 Å². The van der Waals surface area contributed by atoms with Crippen molar-refractivity contribution in [3.8, 4) is 0 Å². The van der Waals surface area contributed by atoms with Gasteiger partial charge in [0.05, 0.1) is 0 Å². The van der Waals surface area contributed by atoms with Crippen LogP contribution in [-0.2, 0) is 11.3 Å². The van der Waals surface area contributed by atoms with Crippen LogP contribution in [-0.4, -0.2) is 23.1 Å². The van der Waals surface area contributed by atoms with Crippen molar-refractivity contribution in [1.29, 1.82) is 0 Å². The summed E-state index contributed by atoms with van der Waals surface area (Å²) in [4.78, 5) is 21.8. The number of benzene rings is 1. The lowest BCUT2D eigenvalue weighted by molar-refractivity contribution is -0.138. The lowest BCUT2D eigenvalue weighted by Gasteiger charge is -2.11. The summed E-state index contributed by atoms with van der Waals surface area (Å²) >= 11 is 3.12. The predicted molar refractivity (Wildman–Crippen MR) is 66.6 cm³/mol. The Hall–Kier alpha value is -1.63. The molecule has 0 aliphatic carbocycles. The Morgan fingerprint density at radius 1 is 1.50 bits per heavy atom. The maximum atomic E-state index is 13.4. The van der Waals surface area contributed by atoms with E-state index in [0.29, 0.717) is 10.0 Å². The van der Waals surface area contributed by atoms with Crippen LogP contribution in [0.3, 0.4) is 0 Å². The summed E-state index contributed by atoms with van der Waals surface area (Å²) in [5, 5.41) is 13.2. The molecule has 0 aromatic heterocycles. The molecule has 1 rings (SSSR count). The number of hydrogen-bond donors (Lipinski definition) is 3. The highest BCUT2D eigenvalue weighted by Gasteiger charge is 2.13. The van der Waals surface area contributed by atoms with Gasteiger partial charge in [0.25, 0.3) is 0 Å². The average Bonchev–Trinajstić information content (AvgIpc) is 2.27. The number of carboxylic acids is 1. The van der Waals surface area contributed by atoms with Crippen LogP contribution >= 0.6 is 15.9 Å². The number of halogens is 2. The van der Waals surface area contributed by atoms with Gasteiger partial charge in [-0.2, -0.15) is 0 Å². The number of nitrogens with one attached hydrogen (secondary N) is 2. The molecule has 0 saturated heterocycles. The van der Waals surface area contributed by atoms with E-state index in [0.717, 1.165) is 0 Å². The van der Waals surface area contributed by atoms with Crippen LogP contribution in [0.5, 0.6) is 0 Å². The quantitative estimate of drug-likeness (QED) is 0.793. The third kappa shape index (κ3) is 4.33. The van der Waals surface area contributed by atoms with Crippen molar-refractivity contribution in [2.45, 2.75) is 19.5 Å². The van der Waals surface area contributed by atoms with E-state index >= 15 is 0 Å². The SMILES string of the molecule is CC(NC(=O)NCc1ccc(Br)cc1F)C(=O)O. The number of aliphatic carboxylic acids is 1. The third-order valence-corrected chi connectivity index (χ3v) is 2.67. The summed E-state index contributed by atoms with van der Waals surface area (Å²) in [6, 6.07) is 2.81. The molecule has 1 unspecified atom stereocenters. The van der Waals surface area contributed by atoms with Gasteiger partial charge in [0.1, 0.15) is 11.9 Å². The van der Waals surface area contributed by atoms with E-state index in [1.54, 1.807) is 6.07 Å². The molecule has 0 bridgehead atoms. The van der Waals surface area contributed by atoms with Crippen LogP contribution in [0.15, 0.2) is 22.7 Å². The zero-order valence-electron chi connectivity index (χ0n) is 9.54.